The first-order valence-corrected chi connectivity index (χ1v) is 5.65. The van der Waals surface area contributed by atoms with E-state index in [0.29, 0.717) is 5.65 Å². The summed E-state index contributed by atoms with van der Waals surface area (Å²) in [5.74, 6) is -0.303. The molecule has 0 unspecified atom stereocenters. The number of nitrogens with one attached hydrogen (secondary N) is 1. The average molecular weight is 248 g/mol. The van der Waals surface area contributed by atoms with Gasteiger partial charge in [-0.1, -0.05) is 20.8 Å². The van der Waals surface area contributed by atoms with Gasteiger partial charge in [-0.3, -0.25) is 0 Å². The fourth-order valence-corrected chi connectivity index (χ4v) is 1.68. The standard InChI is InChI=1S/C12H16N4O2/c1-12(2,3)8-5-9(13-4)16-10(15-8)7(6-14-16)11(17)18/h5-6,13H,1-4H3,(H,17,18). The zero-order valence-corrected chi connectivity index (χ0v) is 10.9. The Morgan fingerprint density at radius 2 is 2.11 bits per heavy atom. The van der Waals surface area contributed by atoms with Crippen molar-refractivity contribution in [2.75, 3.05) is 12.4 Å². The van der Waals surface area contributed by atoms with E-state index in [4.69, 9.17) is 5.11 Å². The van der Waals surface area contributed by atoms with E-state index in [1.807, 2.05) is 26.8 Å². The lowest BCUT2D eigenvalue weighted by atomic mass is 9.92. The minimum Gasteiger partial charge on any atom is -0.477 e. The van der Waals surface area contributed by atoms with E-state index in [1.165, 1.54) is 10.7 Å². The molecule has 0 spiro atoms. The van der Waals surface area contributed by atoms with Crippen LogP contribution in [0.15, 0.2) is 12.3 Å². The molecule has 2 N–H and O–H groups in total. The maximum atomic E-state index is 11.1. The predicted molar refractivity (Wildman–Crippen MR) is 68.2 cm³/mol. The fraction of sp³-hybridized carbons (Fsp3) is 0.417. The van der Waals surface area contributed by atoms with Crippen LogP contribution in [-0.2, 0) is 5.41 Å². The Hall–Kier alpha value is -2.11. The Bertz CT molecular complexity index is 610. The molecule has 2 rings (SSSR count). The van der Waals surface area contributed by atoms with Crippen LogP contribution in [0.1, 0.15) is 36.8 Å². The Balaban J connectivity index is 2.79. The van der Waals surface area contributed by atoms with Gasteiger partial charge in [-0.15, -0.1) is 0 Å². The van der Waals surface area contributed by atoms with Crippen molar-refractivity contribution in [3.05, 3.63) is 23.5 Å². The lowest BCUT2D eigenvalue weighted by Gasteiger charge is -2.19. The Labute approximate surface area is 105 Å². The summed E-state index contributed by atoms with van der Waals surface area (Å²) in [4.78, 5) is 15.5. The monoisotopic (exact) mass is 248 g/mol. The average Bonchev–Trinajstić information content (AvgIpc) is 2.69. The van der Waals surface area contributed by atoms with Gasteiger partial charge in [0.05, 0.1) is 11.9 Å². The molecule has 0 aromatic carbocycles. The van der Waals surface area contributed by atoms with Crippen LogP contribution in [-0.4, -0.2) is 32.7 Å². The van der Waals surface area contributed by atoms with Gasteiger partial charge in [-0.25, -0.2) is 9.78 Å². The minimum atomic E-state index is -1.02. The van der Waals surface area contributed by atoms with Crippen LogP contribution >= 0.6 is 0 Å². The zero-order chi connectivity index (χ0) is 13.5. The minimum absolute atomic E-state index is 0.109. The fourth-order valence-electron chi connectivity index (χ4n) is 1.68. The lowest BCUT2D eigenvalue weighted by molar-refractivity contribution is 0.0698. The summed E-state index contributed by atoms with van der Waals surface area (Å²) >= 11 is 0. The molecule has 0 saturated heterocycles. The maximum absolute atomic E-state index is 11.1. The molecule has 0 saturated carbocycles. The van der Waals surface area contributed by atoms with Crippen molar-refractivity contribution in [3.8, 4) is 0 Å². The summed E-state index contributed by atoms with van der Waals surface area (Å²) < 4.78 is 1.50. The number of anilines is 1. The Kier molecular flexibility index (Phi) is 2.73. The number of nitrogens with zero attached hydrogens (tertiary/aromatic N) is 3. The molecule has 96 valence electrons. The molecule has 18 heavy (non-hydrogen) atoms. The van der Waals surface area contributed by atoms with Gasteiger partial charge < -0.3 is 10.4 Å². The molecule has 0 aliphatic carbocycles. The molecule has 6 heteroatoms. The first kappa shape index (κ1) is 12.3. The second kappa shape index (κ2) is 3.97. The van der Waals surface area contributed by atoms with Gasteiger partial charge in [0.15, 0.2) is 5.65 Å². The van der Waals surface area contributed by atoms with Crippen LogP contribution in [0.4, 0.5) is 5.82 Å². The predicted octanol–water partition coefficient (Wildman–Crippen LogP) is 1.77. The second-order valence-electron chi connectivity index (χ2n) is 5.13. The van der Waals surface area contributed by atoms with Crippen molar-refractivity contribution < 1.29 is 9.90 Å². The van der Waals surface area contributed by atoms with E-state index in [-0.39, 0.29) is 11.0 Å². The first-order chi connectivity index (χ1) is 8.34. The molecule has 0 bridgehead atoms. The number of fused-ring (bicyclic) bond motifs is 1. The highest BCUT2D eigenvalue weighted by Gasteiger charge is 2.21. The van der Waals surface area contributed by atoms with Crippen molar-refractivity contribution in [1.29, 1.82) is 0 Å². The van der Waals surface area contributed by atoms with Crippen LogP contribution in [0, 0.1) is 0 Å². The molecule has 0 radical (unpaired) electrons. The Morgan fingerprint density at radius 1 is 1.44 bits per heavy atom. The summed E-state index contributed by atoms with van der Waals surface area (Å²) in [5.41, 5.74) is 1.13. The largest absolute Gasteiger partial charge is 0.477 e. The highest BCUT2D eigenvalue weighted by Crippen LogP contribution is 2.25. The number of carboxylic acid groups (broad SMARTS) is 1. The first-order valence-electron chi connectivity index (χ1n) is 5.65. The van der Waals surface area contributed by atoms with Crippen molar-refractivity contribution in [2.24, 2.45) is 0 Å². The molecule has 0 atom stereocenters. The van der Waals surface area contributed by atoms with E-state index in [2.05, 4.69) is 15.4 Å². The van der Waals surface area contributed by atoms with Gasteiger partial charge in [-0.05, 0) is 0 Å². The summed E-state index contributed by atoms with van der Waals surface area (Å²) in [6.07, 6.45) is 1.32. The smallest absolute Gasteiger partial charge is 0.341 e. The number of carbonyl (C=O) groups is 1. The third kappa shape index (κ3) is 1.90. The van der Waals surface area contributed by atoms with E-state index in [1.54, 1.807) is 7.05 Å². The van der Waals surface area contributed by atoms with Crippen LogP contribution in [0.3, 0.4) is 0 Å². The van der Waals surface area contributed by atoms with Crippen molar-refractivity contribution in [3.63, 3.8) is 0 Å². The third-order valence-electron chi connectivity index (χ3n) is 2.73. The van der Waals surface area contributed by atoms with Crippen LogP contribution < -0.4 is 5.32 Å². The van der Waals surface area contributed by atoms with E-state index >= 15 is 0 Å². The quantitative estimate of drug-likeness (QED) is 0.846. The number of carboxylic acids is 1. The molecule has 2 aromatic rings. The van der Waals surface area contributed by atoms with Gasteiger partial charge in [0.2, 0.25) is 0 Å². The van der Waals surface area contributed by atoms with E-state index in [9.17, 15) is 4.79 Å². The molecule has 6 nitrogen and oxygen atoms in total. The van der Waals surface area contributed by atoms with E-state index in [0.717, 1.165) is 11.5 Å². The van der Waals surface area contributed by atoms with Crippen LogP contribution in [0.2, 0.25) is 0 Å². The molecule has 0 aliphatic heterocycles. The topological polar surface area (TPSA) is 79.5 Å². The summed E-state index contributed by atoms with van der Waals surface area (Å²) in [7, 11) is 1.77. The molecule has 2 heterocycles. The molecular formula is C12H16N4O2. The molecule has 0 fully saturated rings. The van der Waals surface area contributed by atoms with Gasteiger partial charge in [0.25, 0.3) is 0 Å². The van der Waals surface area contributed by atoms with E-state index < -0.39 is 5.97 Å². The van der Waals surface area contributed by atoms with Crippen molar-refractivity contribution in [1.82, 2.24) is 14.6 Å². The third-order valence-corrected chi connectivity index (χ3v) is 2.73. The number of hydrogen-bond donors (Lipinski definition) is 2. The highest BCUT2D eigenvalue weighted by atomic mass is 16.4. The SMILES string of the molecule is CNc1cc(C(C)(C)C)nc2c(C(=O)O)cnn12. The normalized spacial score (nSPS) is 11.8. The van der Waals surface area contributed by atoms with Crippen molar-refractivity contribution in [2.45, 2.75) is 26.2 Å². The summed E-state index contributed by atoms with van der Waals surface area (Å²) in [6.45, 7) is 6.09. The van der Waals surface area contributed by atoms with Crippen LogP contribution in [0.25, 0.3) is 5.65 Å². The molecular weight excluding hydrogens is 232 g/mol. The lowest BCUT2D eigenvalue weighted by Crippen LogP contribution is -2.16. The summed E-state index contributed by atoms with van der Waals surface area (Å²) in [6, 6.07) is 1.88. The van der Waals surface area contributed by atoms with Gasteiger partial charge in [-0.2, -0.15) is 9.61 Å². The molecule has 2 aromatic heterocycles. The van der Waals surface area contributed by atoms with Crippen molar-refractivity contribution >= 4 is 17.4 Å². The zero-order valence-electron chi connectivity index (χ0n) is 10.9. The number of aromatic carboxylic acids is 1. The van der Waals surface area contributed by atoms with Gasteiger partial charge in [0, 0.05) is 18.5 Å². The van der Waals surface area contributed by atoms with Crippen LogP contribution in [0.5, 0.6) is 0 Å². The number of hydrogen-bond acceptors (Lipinski definition) is 4. The molecule has 0 aliphatic rings. The van der Waals surface area contributed by atoms with Gasteiger partial charge >= 0.3 is 5.97 Å². The molecule has 0 amide bonds. The summed E-state index contributed by atoms with van der Waals surface area (Å²) in [5, 5.41) is 16.2. The Morgan fingerprint density at radius 3 is 2.61 bits per heavy atom. The maximum Gasteiger partial charge on any atom is 0.341 e. The number of rotatable bonds is 2. The number of aromatic nitrogens is 3. The van der Waals surface area contributed by atoms with Gasteiger partial charge in [0.1, 0.15) is 11.4 Å². The second-order valence-corrected chi connectivity index (χ2v) is 5.13. The highest BCUT2D eigenvalue weighted by molar-refractivity contribution is 5.94.